The maximum Gasteiger partial charge on any atom is 0.0382 e. The monoisotopic (exact) mass is 151 g/mol. The predicted octanol–water partition coefficient (Wildman–Crippen LogP) is 2.99. The molecule has 0 fully saturated rings. The van der Waals surface area contributed by atoms with E-state index in [1.54, 1.807) is 0 Å². The number of aliphatic imine (C=N–C) groups is 1. The molecular weight excluding hydrogens is 134 g/mol. The van der Waals surface area contributed by atoms with Gasteiger partial charge in [0.25, 0.3) is 0 Å². The van der Waals surface area contributed by atoms with Gasteiger partial charge in [0.05, 0.1) is 0 Å². The standard InChI is InChI=1S/C10H17N/c1-9(2)10(3)7-5-6-8-11-4/h1,3-8H2,2H3. The second-order valence-electron chi connectivity index (χ2n) is 2.79. The summed E-state index contributed by atoms with van der Waals surface area (Å²) in [5.74, 6) is 0. The van der Waals surface area contributed by atoms with E-state index in [0.29, 0.717) is 0 Å². The fourth-order valence-corrected chi connectivity index (χ4v) is 0.775. The van der Waals surface area contributed by atoms with Crippen LogP contribution in [-0.2, 0) is 0 Å². The van der Waals surface area contributed by atoms with Crippen LogP contribution in [0.3, 0.4) is 0 Å². The largest absolute Gasteiger partial charge is 0.301 e. The molecule has 0 aromatic rings. The zero-order valence-corrected chi connectivity index (χ0v) is 7.40. The Morgan fingerprint density at radius 3 is 2.36 bits per heavy atom. The van der Waals surface area contributed by atoms with Crippen LogP contribution in [0.15, 0.2) is 29.3 Å². The van der Waals surface area contributed by atoms with Gasteiger partial charge >= 0.3 is 0 Å². The van der Waals surface area contributed by atoms with E-state index >= 15 is 0 Å². The minimum absolute atomic E-state index is 0.865. The number of unbranched alkanes of at least 4 members (excludes halogenated alkanes) is 1. The summed E-state index contributed by atoms with van der Waals surface area (Å²) in [6.07, 6.45) is 3.30. The minimum Gasteiger partial charge on any atom is -0.301 e. The molecule has 0 spiro atoms. The van der Waals surface area contributed by atoms with Gasteiger partial charge in [0.2, 0.25) is 0 Å². The molecule has 0 saturated carbocycles. The second-order valence-corrected chi connectivity index (χ2v) is 2.79. The Balaban J connectivity index is 3.31. The summed E-state index contributed by atoms with van der Waals surface area (Å²) >= 11 is 0. The summed E-state index contributed by atoms with van der Waals surface area (Å²) in [6.45, 7) is 14.0. The number of rotatable bonds is 6. The molecule has 0 bridgehead atoms. The molecule has 0 aromatic heterocycles. The fraction of sp³-hybridized carbons (Fsp3) is 0.500. The summed E-state index contributed by atoms with van der Waals surface area (Å²) < 4.78 is 0. The van der Waals surface area contributed by atoms with Gasteiger partial charge in [-0.1, -0.05) is 24.3 Å². The zero-order valence-electron chi connectivity index (χ0n) is 7.40. The molecule has 0 saturated heterocycles. The van der Waals surface area contributed by atoms with Crippen molar-refractivity contribution in [1.82, 2.24) is 0 Å². The van der Waals surface area contributed by atoms with Crippen molar-refractivity contribution in [2.75, 3.05) is 6.54 Å². The van der Waals surface area contributed by atoms with Crippen molar-refractivity contribution in [3.63, 3.8) is 0 Å². The molecule has 0 heterocycles. The lowest BCUT2D eigenvalue weighted by Crippen LogP contribution is -1.85. The fourth-order valence-electron chi connectivity index (χ4n) is 0.775. The van der Waals surface area contributed by atoms with Crippen LogP contribution in [-0.4, -0.2) is 13.3 Å². The van der Waals surface area contributed by atoms with Crippen LogP contribution in [0.4, 0.5) is 0 Å². The number of allylic oxidation sites excluding steroid dienone is 2. The second kappa shape index (κ2) is 5.90. The molecule has 0 N–H and O–H groups in total. The third-order valence-corrected chi connectivity index (χ3v) is 1.65. The molecule has 0 aliphatic carbocycles. The molecule has 0 amide bonds. The van der Waals surface area contributed by atoms with E-state index in [4.69, 9.17) is 0 Å². The van der Waals surface area contributed by atoms with E-state index in [2.05, 4.69) is 24.9 Å². The van der Waals surface area contributed by atoms with Crippen LogP contribution >= 0.6 is 0 Å². The Kier molecular flexibility index (Phi) is 5.44. The van der Waals surface area contributed by atoms with Gasteiger partial charge in [-0.05, 0) is 32.9 Å². The SMILES string of the molecule is C=NCCCCC(=C)C(=C)C. The maximum atomic E-state index is 3.91. The average Bonchev–Trinajstić information content (AvgIpc) is 1.97. The van der Waals surface area contributed by atoms with Gasteiger partial charge < -0.3 is 4.99 Å². The van der Waals surface area contributed by atoms with Gasteiger partial charge in [0.1, 0.15) is 0 Å². The Morgan fingerprint density at radius 1 is 1.27 bits per heavy atom. The lowest BCUT2D eigenvalue weighted by Gasteiger charge is -2.02. The van der Waals surface area contributed by atoms with E-state index < -0.39 is 0 Å². The van der Waals surface area contributed by atoms with Crippen molar-refractivity contribution in [3.8, 4) is 0 Å². The summed E-state index contributed by atoms with van der Waals surface area (Å²) in [4.78, 5) is 3.78. The summed E-state index contributed by atoms with van der Waals surface area (Å²) in [5, 5.41) is 0. The van der Waals surface area contributed by atoms with Crippen LogP contribution in [0.2, 0.25) is 0 Å². The first-order chi connectivity index (χ1) is 5.18. The lowest BCUT2D eigenvalue weighted by molar-refractivity contribution is 0.747. The summed E-state index contributed by atoms with van der Waals surface area (Å²) in [5.41, 5.74) is 2.26. The van der Waals surface area contributed by atoms with Crippen LogP contribution in [0.25, 0.3) is 0 Å². The van der Waals surface area contributed by atoms with Crippen LogP contribution < -0.4 is 0 Å². The smallest absolute Gasteiger partial charge is 0.0382 e. The van der Waals surface area contributed by atoms with Crippen LogP contribution in [0, 0.1) is 0 Å². The predicted molar refractivity (Wildman–Crippen MR) is 52.2 cm³/mol. The molecule has 0 atom stereocenters. The Labute approximate surface area is 69.5 Å². The molecule has 1 heteroatoms. The van der Waals surface area contributed by atoms with Crippen LogP contribution in [0.1, 0.15) is 26.2 Å². The Bertz CT molecular complexity index is 156. The zero-order chi connectivity index (χ0) is 8.69. The maximum absolute atomic E-state index is 3.91. The van der Waals surface area contributed by atoms with Gasteiger partial charge in [0, 0.05) is 6.54 Å². The molecule has 0 rings (SSSR count). The quantitative estimate of drug-likeness (QED) is 0.314. The van der Waals surface area contributed by atoms with E-state index in [-0.39, 0.29) is 0 Å². The van der Waals surface area contributed by atoms with E-state index in [0.717, 1.165) is 37.0 Å². The van der Waals surface area contributed by atoms with Crippen molar-refractivity contribution < 1.29 is 0 Å². The number of hydrogen-bond donors (Lipinski definition) is 0. The van der Waals surface area contributed by atoms with Crippen molar-refractivity contribution in [3.05, 3.63) is 24.3 Å². The highest BCUT2D eigenvalue weighted by Crippen LogP contribution is 2.12. The number of nitrogens with zero attached hydrogens (tertiary/aromatic N) is 1. The summed E-state index contributed by atoms with van der Waals surface area (Å²) in [6, 6.07) is 0. The van der Waals surface area contributed by atoms with Crippen molar-refractivity contribution in [2.45, 2.75) is 26.2 Å². The minimum atomic E-state index is 0.865. The van der Waals surface area contributed by atoms with E-state index in [1.165, 1.54) is 0 Å². The van der Waals surface area contributed by atoms with Crippen LogP contribution in [0.5, 0.6) is 0 Å². The molecule has 0 radical (unpaired) electrons. The first-order valence-corrected chi connectivity index (χ1v) is 3.94. The highest BCUT2D eigenvalue weighted by molar-refractivity contribution is 5.23. The number of hydrogen-bond acceptors (Lipinski definition) is 1. The molecule has 0 aliphatic heterocycles. The third kappa shape index (κ3) is 5.59. The molecule has 0 aromatic carbocycles. The van der Waals surface area contributed by atoms with Gasteiger partial charge in [0.15, 0.2) is 0 Å². The molecular formula is C10H17N. The Morgan fingerprint density at radius 2 is 1.91 bits per heavy atom. The van der Waals surface area contributed by atoms with Crippen molar-refractivity contribution in [1.29, 1.82) is 0 Å². The average molecular weight is 151 g/mol. The van der Waals surface area contributed by atoms with Crippen molar-refractivity contribution >= 4 is 6.72 Å². The Hall–Kier alpha value is -0.850. The summed E-state index contributed by atoms with van der Waals surface area (Å²) in [7, 11) is 0. The molecule has 0 aliphatic rings. The first-order valence-electron chi connectivity index (χ1n) is 3.94. The lowest BCUT2D eigenvalue weighted by atomic mass is 10.1. The molecule has 11 heavy (non-hydrogen) atoms. The topological polar surface area (TPSA) is 12.4 Å². The van der Waals surface area contributed by atoms with Gasteiger partial charge in [-0.15, -0.1) is 0 Å². The molecule has 1 nitrogen and oxygen atoms in total. The molecule has 62 valence electrons. The van der Waals surface area contributed by atoms with E-state index in [1.807, 2.05) is 6.92 Å². The van der Waals surface area contributed by atoms with Crippen molar-refractivity contribution in [2.24, 2.45) is 4.99 Å². The van der Waals surface area contributed by atoms with Gasteiger partial charge in [-0.25, -0.2) is 0 Å². The highest BCUT2D eigenvalue weighted by atomic mass is 14.7. The van der Waals surface area contributed by atoms with Gasteiger partial charge in [-0.3, -0.25) is 0 Å². The molecule has 0 unspecified atom stereocenters. The van der Waals surface area contributed by atoms with Gasteiger partial charge in [-0.2, -0.15) is 0 Å². The first kappa shape index (κ1) is 10.2. The van der Waals surface area contributed by atoms with E-state index in [9.17, 15) is 0 Å². The normalized spacial score (nSPS) is 9.18. The highest BCUT2D eigenvalue weighted by Gasteiger charge is 1.93. The third-order valence-electron chi connectivity index (χ3n) is 1.65.